The third-order valence-electron chi connectivity index (χ3n) is 11.2. The lowest BCUT2D eigenvalue weighted by Crippen LogP contribution is -2.26. The number of anilines is 3. The molecule has 4 nitrogen and oxygen atoms in total. The van der Waals surface area contributed by atoms with E-state index in [0.717, 1.165) is 33.8 Å². The van der Waals surface area contributed by atoms with Crippen molar-refractivity contribution in [2.24, 2.45) is 0 Å². The van der Waals surface area contributed by atoms with E-state index in [2.05, 4.69) is 147 Å². The highest BCUT2D eigenvalue weighted by Gasteiger charge is 2.52. The van der Waals surface area contributed by atoms with Gasteiger partial charge in [-0.2, -0.15) is 0 Å². The van der Waals surface area contributed by atoms with Crippen LogP contribution in [-0.2, 0) is 5.41 Å². The molecule has 0 saturated heterocycles. The summed E-state index contributed by atoms with van der Waals surface area (Å²) in [4.78, 5) is 20.2. The van der Waals surface area contributed by atoms with Crippen LogP contribution in [0.2, 0.25) is 0 Å². The van der Waals surface area contributed by atoms with Crippen molar-refractivity contribution >= 4 is 44.7 Å². The molecule has 4 heteroatoms. The molecule has 0 amide bonds. The molecule has 53 heavy (non-hydrogen) atoms. The van der Waals surface area contributed by atoms with Gasteiger partial charge in [0.05, 0.1) is 22.8 Å². The van der Waals surface area contributed by atoms with Gasteiger partial charge in [-0.1, -0.05) is 78.9 Å². The molecule has 1 unspecified atom stereocenters. The van der Waals surface area contributed by atoms with Crippen LogP contribution in [0.3, 0.4) is 0 Å². The van der Waals surface area contributed by atoms with Gasteiger partial charge in [0.25, 0.3) is 0 Å². The van der Waals surface area contributed by atoms with Gasteiger partial charge in [-0.05, 0) is 149 Å². The maximum absolute atomic E-state index is 14.3. The Kier molecular flexibility index (Phi) is 6.54. The highest BCUT2D eigenvalue weighted by Crippen LogP contribution is 2.63. The van der Waals surface area contributed by atoms with E-state index in [-0.39, 0.29) is 5.43 Å². The Labute approximate surface area is 308 Å². The second-order valence-corrected chi connectivity index (χ2v) is 14.7. The second kappa shape index (κ2) is 11.1. The van der Waals surface area contributed by atoms with Crippen molar-refractivity contribution in [3.05, 3.63) is 200 Å². The van der Waals surface area contributed by atoms with Crippen LogP contribution in [0.4, 0.5) is 22.7 Å². The van der Waals surface area contributed by atoms with Crippen molar-refractivity contribution in [3.8, 4) is 22.3 Å². The molecule has 0 radical (unpaired) electrons. The maximum atomic E-state index is 14.3. The molecule has 0 N–H and O–H groups in total. The number of aryl methyl sites for hydroxylation is 4. The summed E-state index contributed by atoms with van der Waals surface area (Å²) < 4.78 is 6.44. The van der Waals surface area contributed by atoms with Gasteiger partial charge in [0, 0.05) is 17.1 Å². The minimum atomic E-state index is -0.673. The van der Waals surface area contributed by atoms with Crippen molar-refractivity contribution in [1.29, 1.82) is 0 Å². The number of hydrogen-bond acceptors (Lipinski definition) is 3. The Morgan fingerprint density at radius 2 is 1.06 bits per heavy atom. The molecule has 1 heterocycles. The average Bonchev–Trinajstić information content (AvgIpc) is 3.60. The molecule has 7 aromatic carbocycles. The molecule has 0 fully saturated rings. The van der Waals surface area contributed by atoms with Crippen LogP contribution in [0.15, 0.2) is 143 Å². The maximum Gasteiger partial charge on any atom is 0.200 e. The first-order chi connectivity index (χ1) is 25.7. The standard InChI is InChI=1S/C49H34N2O2/c1-28-18-29(2)21-34(20-28)51(35-22-30(3)19-31(4)23-35)33-15-17-38-36-10-6-8-12-42(36)49(44(38)25-33)43-13-9-7-11-37(43)40-27-47-41(26-45(40)49)48(52)39-16-14-32(50-5)24-46(39)53-47/h6-27H,1-4H3. The number of hydrogen-bond donors (Lipinski definition) is 0. The highest BCUT2D eigenvalue weighted by molar-refractivity contribution is 6.01. The number of nitrogens with zero attached hydrogens (tertiary/aromatic N) is 2. The summed E-state index contributed by atoms with van der Waals surface area (Å²) >= 11 is 0. The van der Waals surface area contributed by atoms with Gasteiger partial charge in [0.15, 0.2) is 11.1 Å². The molecule has 1 aromatic heterocycles. The Bertz CT molecular complexity index is 2910. The van der Waals surface area contributed by atoms with E-state index in [4.69, 9.17) is 11.0 Å². The third kappa shape index (κ3) is 4.38. The molecule has 0 aliphatic heterocycles. The second-order valence-electron chi connectivity index (χ2n) is 14.7. The van der Waals surface area contributed by atoms with Gasteiger partial charge < -0.3 is 9.32 Å². The van der Waals surface area contributed by atoms with Crippen LogP contribution in [0.1, 0.15) is 44.5 Å². The average molecular weight is 683 g/mol. The highest BCUT2D eigenvalue weighted by atomic mass is 16.3. The van der Waals surface area contributed by atoms with E-state index in [1.807, 2.05) is 6.07 Å². The van der Waals surface area contributed by atoms with Gasteiger partial charge in [-0.15, -0.1) is 0 Å². The van der Waals surface area contributed by atoms with Crippen LogP contribution in [-0.4, -0.2) is 0 Å². The van der Waals surface area contributed by atoms with E-state index in [0.29, 0.717) is 27.6 Å². The Hall–Kier alpha value is -6.70. The zero-order valence-electron chi connectivity index (χ0n) is 29.9. The molecule has 10 rings (SSSR count). The Morgan fingerprint density at radius 1 is 0.509 bits per heavy atom. The summed E-state index contributed by atoms with van der Waals surface area (Å²) in [5, 5.41) is 1.01. The molecule has 2 aliphatic rings. The lowest BCUT2D eigenvalue weighted by Gasteiger charge is -2.32. The van der Waals surface area contributed by atoms with Gasteiger partial charge in [0.2, 0.25) is 0 Å². The SMILES string of the molecule is [C-]#[N+]c1ccc2c(=O)c3cc4c(cc3oc2c1)-c1ccccc1C41c2ccccc2-c2ccc(N(c3cc(C)cc(C)c3)c3cc(C)cc(C)c3)cc21. The van der Waals surface area contributed by atoms with Crippen LogP contribution < -0.4 is 10.3 Å². The lowest BCUT2D eigenvalue weighted by molar-refractivity contribution is 0.660. The molecule has 0 saturated carbocycles. The fourth-order valence-electron chi connectivity index (χ4n) is 9.27. The summed E-state index contributed by atoms with van der Waals surface area (Å²) in [7, 11) is 0. The van der Waals surface area contributed by atoms with E-state index in [9.17, 15) is 4.79 Å². The van der Waals surface area contributed by atoms with Crippen LogP contribution >= 0.6 is 0 Å². The first kappa shape index (κ1) is 31.1. The van der Waals surface area contributed by atoms with Gasteiger partial charge in [-0.3, -0.25) is 4.79 Å². The lowest BCUT2D eigenvalue weighted by atomic mass is 9.70. The molecule has 2 aliphatic carbocycles. The van der Waals surface area contributed by atoms with E-state index < -0.39 is 5.41 Å². The van der Waals surface area contributed by atoms with Crippen LogP contribution in [0.5, 0.6) is 0 Å². The largest absolute Gasteiger partial charge is 0.457 e. The van der Waals surface area contributed by atoms with Crippen molar-refractivity contribution in [2.75, 3.05) is 4.90 Å². The molecular weight excluding hydrogens is 649 g/mol. The fourth-order valence-corrected chi connectivity index (χ4v) is 9.27. The van der Waals surface area contributed by atoms with Crippen molar-refractivity contribution in [3.63, 3.8) is 0 Å². The molecule has 8 aromatic rings. The minimum Gasteiger partial charge on any atom is -0.457 e. The molecule has 252 valence electrons. The first-order valence-electron chi connectivity index (χ1n) is 18.0. The van der Waals surface area contributed by atoms with Gasteiger partial charge in [-0.25, -0.2) is 4.85 Å². The normalized spacial score (nSPS) is 14.9. The quantitative estimate of drug-likeness (QED) is 0.137. The predicted molar refractivity (Wildman–Crippen MR) is 216 cm³/mol. The molecule has 1 spiro atoms. The Balaban J connectivity index is 1.30. The smallest absolute Gasteiger partial charge is 0.200 e. The summed E-state index contributed by atoms with van der Waals surface area (Å²) in [5.41, 5.74) is 17.9. The van der Waals surface area contributed by atoms with E-state index in [1.165, 1.54) is 50.1 Å². The molecular formula is C49H34N2O2. The van der Waals surface area contributed by atoms with E-state index in [1.54, 1.807) is 18.2 Å². The first-order valence-corrected chi connectivity index (χ1v) is 18.0. The van der Waals surface area contributed by atoms with Gasteiger partial charge in [0.1, 0.15) is 11.2 Å². The van der Waals surface area contributed by atoms with E-state index >= 15 is 0 Å². The molecule has 0 bridgehead atoms. The number of benzene rings is 7. The Morgan fingerprint density at radius 3 is 1.68 bits per heavy atom. The monoisotopic (exact) mass is 682 g/mol. The van der Waals surface area contributed by atoms with Crippen molar-refractivity contribution in [2.45, 2.75) is 33.1 Å². The summed E-state index contributed by atoms with van der Waals surface area (Å²) in [5.74, 6) is 0. The van der Waals surface area contributed by atoms with Crippen molar-refractivity contribution < 1.29 is 4.42 Å². The number of fused-ring (bicyclic) bond motifs is 12. The summed E-state index contributed by atoms with van der Waals surface area (Å²) in [6, 6.07) is 47.0. The third-order valence-corrected chi connectivity index (χ3v) is 11.2. The van der Waals surface area contributed by atoms with Crippen LogP contribution in [0.25, 0.3) is 49.0 Å². The molecule has 1 atom stereocenters. The zero-order valence-corrected chi connectivity index (χ0v) is 29.9. The predicted octanol–water partition coefficient (Wildman–Crippen LogP) is 12.5. The van der Waals surface area contributed by atoms with Crippen molar-refractivity contribution in [1.82, 2.24) is 0 Å². The zero-order chi connectivity index (χ0) is 36.2. The van der Waals surface area contributed by atoms with Crippen LogP contribution in [0, 0.1) is 34.3 Å². The summed E-state index contributed by atoms with van der Waals surface area (Å²) in [6.45, 7) is 16.1. The topological polar surface area (TPSA) is 37.8 Å². The minimum absolute atomic E-state index is 0.0947. The fraction of sp³-hybridized carbons (Fsp3) is 0.102. The summed E-state index contributed by atoms with van der Waals surface area (Å²) in [6.07, 6.45) is 0. The van der Waals surface area contributed by atoms with Gasteiger partial charge >= 0.3 is 0 Å². The number of rotatable bonds is 3.